The summed E-state index contributed by atoms with van der Waals surface area (Å²) in [7, 11) is 4.96. The lowest BCUT2D eigenvalue weighted by molar-refractivity contribution is -0.137. The van der Waals surface area contributed by atoms with Gasteiger partial charge in [0.05, 0.1) is 31.2 Å². The van der Waals surface area contributed by atoms with Gasteiger partial charge in [0.2, 0.25) is 23.6 Å². The molecule has 0 saturated carbocycles. The van der Waals surface area contributed by atoms with Gasteiger partial charge in [-0.25, -0.2) is 18.7 Å². The zero-order valence-corrected chi connectivity index (χ0v) is 65.6. The number of carbonyl (C=O) groups is 5. The van der Waals surface area contributed by atoms with Crippen LogP contribution in [-0.2, 0) is 133 Å². The Morgan fingerprint density at radius 2 is 0.623 bits per heavy atom. The summed E-state index contributed by atoms with van der Waals surface area (Å²) in [4.78, 5) is 56.1. The second kappa shape index (κ2) is 50.9. The number of unbranched alkanes of at least 4 members (excludes halogenated alkanes) is 4. The summed E-state index contributed by atoms with van der Waals surface area (Å²) in [6.07, 6.45) is 22.1. The van der Waals surface area contributed by atoms with Gasteiger partial charge in [-0.3, -0.25) is 29.2 Å². The third kappa shape index (κ3) is 35.8. The SMILES string of the molecule is C.CC(=O)Cc1ccc(CCCCc2ccc3c(c2)C=CC3)cc1.CNC(=O)Cc1ccc(CCCCc2ccc(C(F)(F)F)cc2)cc1.CNC(=O)Cc1ccc(CCCCc2ccccc2)cc1.CNC(=O)Cc1ccc(CCCc2ccccc2)cc1.O=C(Cc1ccc(CCCCc2cc(F)c(F)cc2F)cc1)NO. The fraction of sp³-hybridized carbons (Fsp3) is 0.316. The number of nitrogens with one attached hydrogen (secondary N) is 4. The molecular weight excluding hydrogens is 1440 g/mol. The summed E-state index contributed by atoms with van der Waals surface area (Å²) in [5.74, 6) is -3.07. The highest BCUT2D eigenvalue weighted by molar-refractivity contribution is 5.80. The lowest BCUT2D eigenvalue weighted by Crippen LogP contribution is -2.20. The lowest BCUT2D eigenvalue weighted by Gasteiger charge is -2.08. The Morgan fingerprint density at radius 3 is 0.965 bits per heavy atom. The molecule has 0 atom stereocenters. The highest BCUT2D eigenvalue weighted by Gasteiger charge is 2.30. The Hall–Kier alpha value is -11.0. The van der Waals surface area contributed by atoms with E-state index in [0.29, 0.717) is 44.6 Å². The Labute approximate surface area is 671 Å². The monoisotopic (exact) mass is 1550 g/mol. The molecule has 16 heteroatoms. The molecule has 10 aromatic rings. The number of allylic oxidation sites excluding steroid dienone is 1. The van der Waals surface area contributed by atoms with Gasteiger partial charge in [0.1, 0.15) is 11.6 Å². The molecule has 0 spiro atoms. The summed E-state index contributed by atoms with van der Waals surface area (Å²) in [6, 6.07) is 75.6. The van der Waals surface area contributed by atoms with Crippen LogP contribution in [-0.4, -0.2) is 55.8 Å². The molecule has 11 rings (SSSR count). The Balaban J connectivity index is 0.000000222. The number of Topliss-reactive ketones (excluding diaryl/α,β-unsaturated/α-hetero) is 1. The van der Waals surface area contributed by atoms with Crippen LogP contribution in [0.1, 0.15) is 172 Å². The van der Waals surface area contributed by atoms with Gasteiger partial charge in [-0.2, -0.15) is 13.2 Å². The molecule has 0 aliphatic heterocycles. The van der Waals surface area contributed by atoms with Crippen molar-refractivity contribution in [3.63, 3.8) is 0 Å². The molecule has 0 fully saturated rings. The number of likely N-dealkylation sites (N-methyl/N-ethyl adjacent to an activating group) is 3. The van der Waals surface area contributed by atoms with Crippen molar-refractivity contribution in [1.29, 1.82) is 0 Å². The number of hydrogen-bond donors (Lipinski definition) is 5. The zero-order valence-electron chi connectivity index (χ0n) is 65.6. The van der Waals surface area contributed by atoms with E-state index in [1.807, 2.05) is 48.5 Å². The van der Waals surface area contributed by atoms with Crippen LogP contribution in [0.5, 0.6) is 0 Å². The first-order valence-corrected chi connectivity index (χ1v) is 39.2. The zero-order chi connectivity index (χ0) is 81.0. The molecule has 10 aromatic carbocycles. The predicted molar refractivity (Wildman–Crippen MR) is 449 cm³/mol. The van der Waals surface area contributed by atoms with Crippen molar-refractivity contribution < 1.29 is 55.5 Å². The highest BCUT2D eigenvalue weighted by atomic mass is 19.4. The second-order valence-electron chi connectivity index (χ2n) is 28.6. The third-order valence-corrected chi connectivity index (χ3v) is 19.5. The molecule has 1 aliphatic carbocycles. The van der Waals surface area contributed by atoms with Gasteiger partial charge in [0.15, 0.2) is 11.6 Å². The van der Waals surface area contributed by atoms with Crippen LogP contribution in [0, 0.1) is 17.5 Å². The minimum absolute atomic E-state index is 0. The average molecular weight is 1560 g/mol. The molecule has 602 valence electrons. The molecular formula is C98H112F6N4O6. The Kier molecular flexibility index (Phi) is 41.0. The number of halogens is 6. The van der Waals surface area contributed by atoms with Crippen molar-refractivity contribution in [2.45, 2.75) is 181 Å². The maximum absolute atomic E-state index is 13.5. The van der Waals surface area contributed by atoms with Crippen LogP contribution in [0.15, 0.2) is 243 Å². The van der Waals surface area contributed by atoms with Crippen LogP contribution in [0.4, 0.5) is 26.3 Å². The molecule has 0 heterocycles. The van der Waals surface area contributed by atoms with Crippen molar-refractivity contribution >= 4 is 35.5 Å². The van der Waals surface area contributed by atoms with Gasteiger partial charge in [-0.15, -0.1) is 0 Å². The van der Waals surface area contributed by atoms with E-state index in [0.717, 1.165) is 147 Å². The Bertz CT molecular complexity index is 4520. The first kappa shape index (κ1) is 91.9. The normalized spacial score (nSPS) is 10.9. The van der Waals surface area contributed by atoms with E-state index >= 15 is 0 Å². The number of rotatable bonds is 34. The quantitative estimate of drug-likeness (QED) is 0.00890. The van der Waals surface area contributed by atoms with Crippen LogP contribution in [0.2, 0.25) is 0 Å². The molecule has 1 aliphatic rings. The van der Waals surface area contributed by atoms with E-state index in [1.165, 1.54) is 75.8 Å². The number of ketones is 1. The topological polar surface area (TPSA) is 154 Å². The molecule has 0 aromatic heterocycles. The minimum atomic E-state index is -4.28. The van der Waals surface area contributed by atoms with E-state index < -0.39 is 35.1 Å². The first-order valence-electron chi connectivity index (χ1n) is 39.2. The molecule has 0 unspecified atom stereocenters. The van der Waals surface area contributed by atoms with Gasteiger partial charge < -0.3 is 16.0 Å². The molecule has 4 amide bonds. The standard InChI is InChI=1S/C22H24O.C20H22F3NO.C19H23NO.C18H18F3NO2.C18H21NO.CH4/c1-17(23)15-20-11-9-18(10-12-20)5-2-3-6-19-13-14-21-7-4-8-22(21)16-19;1-24-19(25)14-17-8-6-15(7-9-17)4-2-3-5-16-10-12-18(13-11-16)20(21,22)23;1-20-19(21)15-18-13-11-17(12-14-18)10-6-5-9-16-7-3-2-4-8-16;19-15-11-17(21)16(20)10-14(15)4-2-1-3-12-5-7-13(8-6-12)9-18(23)22-24;1-19-18(20)14-17-12-10-16(11-13-17)9-5-8-15-6-3-2-4-7-15;/h4,8-14,16H,2-3,5-7,15H2,1H3;6-13H,2-5,14H2,1H3,(H,24,25);2-4,7-8,11-14H,5-6,9-10,15H2,1H3,(H,20,21);5-8,10-11,24H,1-4,9H2,(H,22,23);2-4,6-7,10-13H,5,8-9,14H2,1H3,(H,19,20);1H4. The van der Waals surface area contributed by atoms with Crippen LogP contribution < -0.4 is 21.4 Å². The van der Waals surface area contributed by atoms with Gasteiger partial charge in [0, 0.05) is 33.6 Å². The van der Waals surface area contributed by atoms with Gasteiger partial charge in [-0.1, -0.05) is 232 Å². The molecule has 10 nitrogen and oxygen atoms in total. The number of carbonyl (C=O) groups excluding carboxylic acids is 5. The number of hydroxylamine groups is 1. The van der Waals surface area contributed by atoms with E-state index in [9.17, 15) is 50.3 Å². The summed E-state index contributed by atoms with van der Waals surface area (Å²) < 4.78 is 77.0. The van der Waals surface area contributed by atoms with Crippen LogP contribution >= 0.6 is 0 Å². The smallest absolute Gasteiger partial charge is 0.359 e. The van der Waals surface area contributed by atoms with Gasteiger partial charge in [-0.05, 0) is 248 Å². The molecule has 0 bridgehead atoms. The van der Waals surface area contributed by atoms with Crippen molar-refractivity contribution in [2.24, 2.45) is 0 Å². The summed E-state index contributed by atoms with van der Waals surface area (Å²) in [6.45, 7) is 1.64. The fourth-order valence-electron chi connectivity index (χ4n) is 12.9. The molecule has 0 radical (unpaired) electrons. The lowest BCUT2D eigenvalue weighted by atomic mass is 9.99. The van der Waals surface area contributed by atoms with E-state index in [2.05, 4.69) is 168 Å². The van der Waals surface area contributed by atoms with Gasteiger partial charge >= 0.3 is 6.18 Å². The van der Waals surface area contributed by atoms with Crippen molar-refractivity contribution in [2.75, 3.05) is 21.1 Å². The fourth-order valence-corrected chi connectivity index (χ4v) is 12.9. The molecule has 0 saturated heterocycles. The van der Waals surface area contributed by atoms with Crippen molar-refractivity contribution in [3.05, 3.63) is 360 Å². The second-order valence-corrected chi connectivity index (χ2v) is 28.6. The van der Waals surface area contributed by atoms with Gasteiger partial charge in [0.25, 0.3) is 0 Å². The van der Waals surface area contributed by atoms with E-state index in [4.69, 9.17) is 5.21 Å². The summed E-state index contributed by atoms with van der Waals surface area (Å²) in [5, 5.41) is 16.4. The van der Waals surface area contributed by atoms with Crippen molar-refractivity contribution in [1.82, 2.24) is 21.4 Å². The number of hydrogen-bond acceptors (Lipinski definition) is 6. The van der Waals surface area contributed by atoms with E-state index in [1.54, 1.807) is 57.8 Å². The maximum atomic E-state index is 13.5. The maximum Gasteiger partial charge on any atom is 0.416 e. The van der Waals surface area contributed by atoms with E-state index in [-0.39, 0.29) is 42.9 Å². The summed E-state index contributed by atoms with van der Waals surface area (Å²) >= 11 is 0. The first-order chi connectivity index (χ1) is 54.6. The minimum Gasteiger partial charge on any atom is -0.359 e. The number of benzene rings is 10. The number of alkyl halides is 3. The van der Waals surface area contributed by atoms with Crippen LogP contribution in [0.25, 0.3) is 6.08 Å². The number of fused-ring (bicyclic) bond motifs is 1. The van der Waals surface area contributed by atoms with Crippen LogP contribution in [0.3, 0.4) is 0 Å². The van der Waals surface area contributed by atoms with Crippen molar-refractivity contribution in [3.8, 4) is 0 Å². The number of amides is 4. The summed E-state index contributed by atoms with van der Waals surface area (Å²) in [5.41, 5.74) is 20.5. The number of aryl methyl sites for hydroxylation is 10. The Morgan fingerprint density at radius 1 is 0.333 bits per heavy atom. The largest absolute Gasteiger partial charge is 0.416 e. The average Bonchev–Trinajstić information content (AvgIpc) is 1.32. The highest BCUT2D eigenvalue weighted by Crippen LogP contribution is 2.30. The molecule has 5 N–H and O–H groups in total. The third-order valence-electron chi connectivity index (χ3n) is 19.5. The molecule has 114 heavy (non-hydrogen) atoms. The predicted octanol–water partition coefficient (Wildman–Crippen LogP) is 20.6.